The van der Waals surface area contributed by atoms with Crippen molar-refractivity contribution in [3.63, 3.8) is 0 Å². The Morgan fingerprint density at radius 3 is 2.38 bits per heavy atom. The Morgan fingerprint density at radius 1 is 1.17 bits per heavy atom. The molecule has 1 N–H and O–H groups in total. The molecule has 0 spiro atoms. The molecule has 0 radical (unpaired) electrons. The summed E-state index contributed by atoms with van der Waals surface area (Å²) in [6.07, 6.45) is 1.82. The minimum Gasteiger partial charge on any atom is -0.497 e. The summed E-state index contributed by atoms with van der Waals surface area (Å²) in [4.78, 5) is 12.9. The molecule has 1 fully saturated rings. The lowest BCUT2D eigenvalue weighted by molar-refractivity contribution is -0.118. The minimum atomic E-state index is -3.89. The van der Waals surface area contributed by atoms with Crippen LogP contribution in [-0.4, -0.2) is 39.3 Å². The maximum Gasteiger partial charge on any atom is 0.249 e. The van der Waals surface area contributed by atoms with Gasteiger partial charge in [-0.15, -0.1) is 0 Å². The number of methoxy groups -OCH3 is 1. The Labute approximate surface area is 171 Å². The number of rotatable bonds is 7. The lowest BCUT2D eigenvalue weighted by atomic mass is 10.1. The monoisotopic (exact) mass is 416 g/mol. The maximum atomic E-state index is 13.2. The molecule has 1 saturated heterocycles. The largest absolute Gasteiger partial charge is 0.497 e. The minimum absolute atomic E-state index is 0.188. The highest BCUT2D eigenvalue weighted by molar-refractivity contribution is 7.95. The molecule has 154 valence electrons. The van der Waals surface area contributed by atoms with E-state index in [1.165, 1.54) is 11.2 Å². The van der Waals surface area contributed by atoms with E-state index in [9.17, 15) is 13.2 Å². The van der Waals surface area contributed by atoms with Crippen LogP contribution >= 0.6 is 0 Å². The third kappa shape index (κ3) is 3.93. The van der Waals surface area contributed by atoms with Crippen LogP contribution in [0.5, 0.6) is 11.5 Å². The van der Waals surface area contributed by atoms with E-state index in [0.29, 0.717) is 29.5 Å². The molecule has 0 aromatic heterocycles. The highest BCUT2D eigenvalue weighted by atomic mass is 32.2. The van der Waals surface area contributed by atoms with Gasteiger partial charge in [-0.05, 0) is 61.9 Å². The molecule has 1 atom stereocenters. The quantitative estimate of drug-likeness (QED) is 0.701. The number of nitrogens with zero attached hydrogens (tertiary/aromatic N) is 1. The number of sulfonamides is 1. The lowest BCUT2D eigenvalue weighted by Gasteiger charge is -2.25. The zero-order valence-electron chi connectivity index (χ0n) is 16.4. The number of anilines is 2. The van der Waals surface area contributed by atoms with Gasteiger partial charge in [-0.2, -0.15) is 0 Å². The van der Waals surface area contributed by atoms with E-state index in [2.05, 4.69) is 11.9 Å². The molecule has 3 rings (SSSR count). The second-order valence-electron chi connectivity index (χ2n) is 6.83. The second kappa shape index (κ2) is 8.16. The molecular weight excluding hydrogens is 392 g/mol. The standard InChI is InChI=1S/C21H24N2O5S/c1-4-15-28-19-9-5-16(6-10-19)22-20(24)21(2)13-14-23(29(21,25)26)17-7-11-18(27-3)12-8-17/h4-12H,1,13-15H2,2-3H3,(H,22,24)/t21-/m0/s1. The van der Waals surface area contributed by atoms with Crippen molar-refractivity contribution in [2.75, 3.05) is 29.9 Å². The molecule has 1 heterocycles. The number of nitrogens with one attached hydrogen (secondary N) is 1. The molecule has 2 aromatic carbocycles. The summed E-state index contributed by atoms with van der Waals surface area (Å²) in [6.45, 7) is 5.65. The van der Waals surface area contributed by atoms with Gasteiger partial charge < -0.3 is 14.8 Å². The van der Waals surface area contributed by atoms with Crippen LogP contribution in [0.1, 0.15) is 13.3 Å². The third-order valence-corrected chi connectivity index (χ3v) is 7.47. The van der Waals surface area contributed by atoms with E-state index >= 15 is 0 Å². The van der Waals surface area contributed by atoms with Crippen molar-refractivity contribution in [3.05, 3.63) is 61.2 Å². The van der Waals surface area contributed by atoms with Crippen LogP contribution < -0.4 is 19.1 Å². The third-order valence-electron chi connectivity index (χ3n) is 4.97. The van der Waals surface area contributed by atoms with Gasteiger partial charge in [0.15, 0.2) is 4.75 Å². The van der Waals surface area contributed by atoms with Crippen LogP contribution in [0.2, 0.25) is 0 Å². The van der Waals surface area contributed by atoms with E-state index in [1.807, 2.05) is 0 Å². The Morgan fingerprint density at radius 2 is 1.79 bits per heavy atom. The van der Waals surface area contributed by atoms with Gasteiger partial charge in [0.1, 0.15) is 18.1 Å². The SMILES string of the molecule is C=CCOc1ccc(NC(=O)[C@]2(C)CCN(c3ccc(OC)cc3)S2(=O)=O)cc1. The first kappa shape index (κ1) is 20.7. The fraction of sp³-hybridized carbons (Fsp3) is 0.286. The molecule has 8 heteroatoms. The van der Waals surface area contributed by atoms with E-state index in [4.69, 9.17) is 9.47 Å². The number of benzene rings is 2. The Kier molecular flexibility index (Phi) is 5.83. The number of hydrogen-bond donors (Lipinski definition) is 1. The van der Waals surface area contributed by atoms with E-state index in [-0.39, 0.29) is 13.0 Å². The first-order valence-electron chi connectivity index (χ1n) is 9.13. The molecule has 0 unspecified atom stereocenters. The van der Waals surface area contributed by atoms with Gasteiger partial charge in [-0.25, -0.2) is 8.42 Å². The van der Waals surface area contributed by atoms with Crippen LogP contribution in [0.15, 0.2) is 61.2 Å². The smallest absolute Gasteiger partial charge is 0.249 e. The molecule has 0 aliphatic carbocycles. The Bertz CT molecular complexity index is 987. The molecular formula is C21H24N2O5S. The van der Waals surface area contributed by atoms with Crippen molar-refractivity contribution in [1.82, 2.24) is 0 Å². The molecule has 2 aromatic rings. The summed E-state index contributed by atoms with van der Waals surface area (Å²) in [6, 6.07) is 13.5. The van der Waals surface area contributed by atoms with Crippen molar-refractivity contribution < 1.29 is 22.7 Å². The molecule has 0 saturated carbocycles. The van der Waals surface area contributed by atoms with Crippen molar-refractivity contribution >= 4 is 27.3 Å². The number of amides is 1. The fourth-order valence-corrected chi connectivity index (χ4v) is 4.96. The van der Waals surface area contributed by atoms with Crippen molar-refractivity contribution in [3.8, 4) is 11.5 Å². The molecule has 1 aliphatic heterocycles. The summed E-state index contributed by atoms with van der Waals surface area (Å²) in [5.74, 6) is 0.702. The number of hydrogen-bond acceptors (Lipinski definition) is 5. The summed E-state index contributed by atoms with van der Waals surface area (Å²) in [7, 11) is -2.35. The number of carbonyl (C=O) groups excluding carboxylic acids is 1. The van der Waals surface area contributed by atoms with Crippen molar-refractivity contribution in [1.29, 1.82) is 0 Å². The van der Waals surface area contributed by atoms with Crippen molar-refractivity contribution in [2.24, 2.45) is 0 Å². The molecule has 0 bridgehead atoms. The van der Waals surface area contributed by atoms with Gasteiger partial charge in [-0.3, -0.25) is 9.10 Å². The number of carbonyl (C=O) groups is 1. The first-order valence-corrected chi connectivity index (χ1v) is 10.6. The predicted molar refractivity (Wildman–Crippen MR) is 113 cm³/mol. The summed E-state index contributed by atoms with van der Waals surface area (Å²) in [5, 5.41) is 2.71. The van der Waals surface area contributed by atoms with E-state index in [0.717, 1.165) is 0 Å². The van der Waals surface area contributed by atoms with Gasteiger partial charge >= 0.3 is 0 Å². The van der Waals surface area contributed by atoms with Gasteiger partial charge in [0, 0.05) is 12.2 Å². The summed E-state index contributed by atoms with van der Waals surface area (Å²) < 4.78 is 36.6. The Balaban J connectivity index is 1.76. The second-order valence-corrected chi connectivity index (χ2v) is 9.13. The average Bonchev–Trinajstić information content (AvgIpc) is 2.97. The zero-order valence-corrected chi connectivity index (χ0v) is 17.2. The van der Waals surface area contributed by atoms with Crippen LogP contribution in [0.4, 0.5) is 11.4 Å². The van der Waals surface area contributed by atoms with Crippen molar-refractivity contribution in [2.45, 2.75) is 18.1 Å². The highest BCUT2D eigenvalue weighted by Gasteiger charge is 2.54. The molecule has 1 aliphatic rings. The summed E-state index contributed by atoms with van der Waals surface area (Å²) in [5.41, 5.74) is 1.01. The van der Waals surface area contributed by atoms with E-state index < -0.39 is 20.7 Å². The molecule has 1 amide bonds. The van der Waals surface area contributed by atoms with Crippen LogP contribution in [-0.2, 0) is 14.8 Å². The highest BCUT2D eigenvalue weighted by Crippen LogP contribution is 2.38. The van der Waals surface area contributed by atoms with Crippen LogP contribution in [0.3, 0.4) is 0 Å². The first-order chi connectivity index (χ1) is 13.8. The van der Waals surface area contributed by atoms with Crippen LogP contribution in [0.25, 0.3) is 0 Å². The molecule has 7 nitrogen and oxygen atoms in total. The topological polar surface area (TPSA) is 84.9 Å². The van der Waals surface area contributed by atoms with Gasteiger partial charge in [0.05, 0.1) is 12.8 Å². The van der Waals surface area contributed by atoms with E-state index in [1.54, 1.807) is 61.7 Å². The molecule has 29 heavy (non-hydrogen) atoms. The normalized spacial score (nSPS) is 20.1. The lowest BCUT2D eigenvalue weighted by Crippen LogP contribution is -2.47. The Hall–Kier alpha value is -3.00. The number of ether oxygens (including phenoxy) is 2. The zero-order chi connectivity index (χ0) is 21.1. The fourth-order valence-electron chi connectivity index (χ4n) is 3.11. The van der Waals surface area contributed by atoms with Gasteiger partial charge in [0.25, 0.3) is 0 Å². The predicted octanol–water partition coefficient (Wildman–Crippen LogP) is 3.20. The van der Waals surface area contributed by atoms with Gasteiger partial charge in [-0.1, -0.05) is 12.7 Å². The van der Waals surface area contributed by atoms with Crippen LogP contribution in [0, 0.1) is 0 Å². The average molecular weight is 416 g/mol. The summed E-state index contributed by atoms with van der Waals surface area (Å²) >= 11 is 0. The van der Waals surface area contributed by atoms with Gasteiger partial charge in [0.2, 0.25) is 15.9 Å². The maximum absolute atomic E-state index is 13.2.